The first-order valence-corrected chi connectivity index (χ1v) is 8.64. The van der Waals surface area contributed by atoms with Crippen LogP contribution in [0.15, 0.2) is 18.3 Å². The van der Waals surface area contributed by atoms with Gasteiger partial charge in [-0.1, -0.05) is 13.8 Å². The van der Waals surface area contributed by atoms with Gasteiger partial charge < -0.3 is 15.3 Å². The molecule has 6 nitrogen and oxygen atoms in total. The van der Waals surface area contributed by atoms with Crippen LogP contribution in [0.25, 0.3) is 0 Å². The highest BCUT2D eigenvalue weighted by Gasteiger charge is 2.29. The van der Waals surface area contributed by atoms with Crippen molar-refractivity contribution in [3.8, 4) is 0 Å². The fourth-order valence-corrected chi connectivity index (χ4v) is 2.98. The summed E-state index contributed by atoms with van der Waals surface area (Å²) in [5.74, 6) is 1.14. The second-order valence-electron chi connectivity index (χ2n) is 6.74. The standard InChI is InChI=1S/C18H27N3O3/c1-13(2)10-16(23)15-4-3-8-21(12-15)18(24)14-5-6-17(20-11-14)19-7-9-22/h5-6,11,13,15,22H,3-4,7-10,12H2,1-2H3,(H,19,20)/t15-/m0/s1. The number of carbonyl (C=O) groups is 2. The molecule has 0 bridgehead atoms. The molecule has 1 atom stereocenters. The van der Waals surface area contributed by atoms with Gasteiger partial charge in [0.25, 0.3) is 5.91 Å². The minimum atomic E-state index is -0.0711. The van der Waals surface area contributed by atoms with Gasteiger partial charge in [0, 0.05) is 38.2 Å². The first kappa shape index (κ1) is 18.4. The monoisotopic (exact) mass is 333 g/mol. The van der Waals surface area contributed by atoms with Crippen molar-refractivity contribution in [3.63, 3.8) is 0 Å². The van der Waals surface area contributed by atoms with Crippen LogP contribution in [0.3, 0.4) is 0 Å². The van der Waals surface area contributed by atoms with Crippen LogP contribution < -0.4 is 5.32 Å². The van der Waals surface area contributed by atoms with E-state index >= 15 is 0 Å². The Morgan fingerprint density at radius 2 is 2.21 bits per heavy atom. The Labute approximate surface area is 143 Å². The van der Waals surface area contributed by atoms with Crippen molar-refractivity contribution in [1.82, 2.24) is 9.88 Å². The van der Waals surface area contributed by atoms with E-state index in [2.05, 4.69) is 10.3 Å². The predicted molar refractivity (Wildman–Crippen MR) is 92.9 cm³/mol. The summed E-state index contributed by atoms with van der Waals surface area (Å²) in [5, 5.41) is 11.7. The molecule has 2 N–H and O–H groups in total. The van der Waals surface area contributed by atoms with Crippen LogP contribution in [0.2, 0.25) is 0 Å². The van der Waals surface area contributed by atoms with E-state index < -0.39 is 0 Å². The summed E-state index contributed by atoms with van der Waals surface area (Å²) in [4.78, 5) is 30.9. The van der Waals surface area contributed by atoms with Gasteiger partial charge in [0.1, 0.15) is 11.6 Å². The van der Waals surface area contributed by atoms with Crippen molar-refractivity contribution in [3.05, 3.63) is 23.9 Å². The lowest BCUT2D eigenvalue weighted by atomic mass is 9.89. The summed E-state index contributed by atoms with van der Waals surface area (Å²) in [6, 6.07) is 3.46. The number of amides is 1. The Morgan fingerprint density at radius 1 is 1.42 bits per heavy atom. The number of carbonyl (C=O) groups excluding carboxylic acids is 2. The van der Waals surface area contributed by atoms with Gasteiger partial charge in [-0.2, -0.15) is 0 Å². The number of aliphatic hydroxyl groups excluding tert-OH is 1. The molecule has 1 fully saturated rings. The van der Waals surface area contributed by atoms with Gasteiger partial charge in [-0.3, -0.25) is 9.59 Å². The van der Waals surface area contributed by atoms with E-state index in [0.717, 1.165) is 12.8 Å². The lowest BCUT2D eigenvalue weighted by Gasteiger charge is -2.32. The molecular formula is C18H27N3O3. The molecule has 2 rings (SSSR count). The highest BCUT2D eigenvalue weighted by Crippen LogP contribution is 2.22. The van der Waals surface area contributed by atoms with E-state index in [4.69, 9.17) is 5.11 Å². The second kappa shape index (κ2) is 8.78. The first-order chi connectivity index (χ1) is 11.5. The number of piperidine rings is 1. The van der Waals surface area contributed by atoms with Gasteiger partial charge in [-0.15, -0.1) is 0 Å². The maximum atomic E-state index is 12.6. The largest absolute Gasteiger partial charge is 0.395 e. The summed E-state index contributed by atoms with van der Waals surface area (Å²) < 4.78 is 0. The molecule has 6 heteroatoms. The lowest BCUT2D eigenvalue weighted by Crippen LogP contribution is -2.42. The fraction of sp³-hybridized carbons (Fsp3) is 0.611. The first-order valence-electron chi connectivity index (χ1n) is 8.64. The van der Waals surface area contributed by atoms with E-state index in [1.54, 1.807) is 23.2 Å². The number of hydrogen-bond acceptors (Lipinski definition) is 5. The normalized spacial score (nSPS) is 17.8. The van der Waals surface area contributed by atoms with E-state index in [1.807, 2.05) is 13.8 Å². The molecule has 0 aromatic carbocycles. The van der Waals surface area contributed by atoms with Crippen molar-refractivity contribution >= 4 is 17.5 Å². The van der Waals surface area contributed by atoms with E-state index in [1.165, 1.54) is 0 Å². The summed E-state index contributed by atoms with van der Waals surface area (Å²) in [5.41, 5.74) is 0.529. The molecule has 2 heterocycles. The van der Waals surface area contributed by atoms with Gasteiger partial charge in [0.2, 0.25) is 0 Å². The van der Waals surface area contributed by atoms with Gasteiger partial charge in [0.15, 0.2) is 0 Å². The third kappa shape index (κ3) is 5.03. The van der Waals surface area contributed by atoms with Gasteiger partial charge in [-0.25, -0.2) is 4.98 Å². The SMILES string of the molecule is CC(C)CC(=O)[C@H]1CCCN(C(=O)c2ccc(NCCO)nc2)C1. The third-order valence-corrected chi connectivity index (χ3v) is 4.20. The molecule has 1 aliphatic heterocycles. The Morgan fingerprint density at radius 3 is 2.83 bits per heavy atom. The van der Waals surface area contributed by atoms with Crippen molar-refractivity contribution in [2.75, 3.05) is 31.6 Å². The Hall–Kier alpha value is -1.95. The van der Waals surface area contributed by atoms with Crippen LogP contribution in [-0.4, -0.2) is 52.9 Å². The number of likely N-dealkylation sites (tertiary alicyclic amines) is 1. The van der Waals surface area contributed by atoms with Crippen molar-refractivity contribution in [1.29, 1.82) is 0 Å². The highest BCUT2D eigenvalue weighted by atomic mass is 16.3. The van der Waals surface area contributed by atoms with Crippen molar-refractivity contribution < 1.29 is 14.7 Å². The Kier molecular flexibility index (Phi) is 6.73. The number of ketones is 1. The number of rotatable bonds is 7. The van der Waals surface area contributed by atoms with Crippen LogP contribution in [0.1, 0.15) is 43.5 Å². The van der Waals surface area contributed by atoms with E-state index in [0.29, 0.717) is 43.4 Å². The van der Waals surface area contributed by atoms with Crippen LogP contribution in [0.4, 0.5) is 5.82 Å². The number of pyridine rings is 1. The number of anilines is 1. The lowest BCUT2D eigenvalue weighted by molar-refractivity contribution is -0.124. The zero-order valence-corrected chi connectivity index (χ0v) is 14.5. The van der Waals surface area contributed by atoms with Crippen LogP contribution >= 0.6 is 0 Å². The quantitative estimate of drug-likeness (QED) is 0.797. The Balaban J connectivity index is 1.97. The Bertz CT molecular complexity index is 557. The smallest absolute Gasteiger partial charge is 0.255 e. The highest BCUT2D eigenvalue weighted by molar-refractivity contribution is 5.94. The van der Waals surface area contributed by atoms with E-state index in [9.17, 15) is 9.59 Å². The van der Waals surface area contributed by atoms with Crippen molar-refractivity contribution in [2.45, 2.75) is 33.1 Å². The summed E-state index contributed by atoms with van der Waals surface area (Å²) in [7, 11) is 0. The average molecular weight is 333 g/mol. The molecular weight excluding hydrogens is 306 g/mol. The molecule has 1 aliphatic rings. The average Bonchev–Trinajstić information content (AvgIpc) is 2.59. The number of aromatic nitrogens is 1. The van der Waals surface area contributed by atoms with Crippen LogP contribution in [-0.2, 0) is 4.79 Å². The molecule has 0 saturated carbocycles. The molecule has 1 saturated heterocycles. The summed E-state index contributed by atoms with van der Waals surface area (Å²) >= 11 is 0. The third-order valence-electron chi connectivity index (χ3n) is 4.20. The zero-order valence-electron chi connectivity index (χ0n) is 14.5. The van der Waals surface area contributed by atoms with E-state index in [-0.39, 0.29) is 24.2 Å². The molecule has 132 valence electrons. The summed E-state index contributed by atoms with van der Waals surface area (Å²) in [6.45, 7) is 5.74. The molecule has 24 heavy (non-hydrogen) atoms. The number of hydrogen-bond donors (Lipinski definition) is 2. The zero-order chi connectivity index (χ0) is 17.5. The van der Waals surface area contributed by atoms with Crippen LogP contribution in [0, 0.1) is 11.8 Å². The second-order valence-corrected chi connectivity index (χ2v) is 6.74. The number of aliphatic hydroxyl groups is 1. The van der Waals surface area contributed by atoms with Crippen molar-refractivity contribution in [2.24, 2.45) is 11.8 Å². The van der Waals surface area contributed by atoms with Crippen LogP contribution in [0.5, 0.6) is 0 Å². The minimum Gasteiger partial charge on any atom is -0.395 e. The van der Waals surface area contributed by atoms with Gasteiger partial charge >= 0.3 is 0 Å². The minimum absolute atomic E-state index is 0.0297. The predicted octanol–water partition coefficient (Wildman–Crippen LogP) is 1.95. The van der Waals surface area contributed by atoms with Gasteiger partial charge in [-0.05, 0) is 30.9 Å². The molecule has 0 aliphatic carbocycles. The summed E-state index contributed by atoms with van der Waals surface area (Å²) in [6.07, 6.45) is 3.86. The maximum absolute atomic E-state index is 12.6. The number of nitrogens with zero attached hydrogens (tertiary/aromatic N) is 2. The topological polar surface area (TPSA) is 82.5 Å². The number of nitrogens with one attached hydrogen (secondary N) is 1. The molecule has 1 aromatic rings. The maximum Gasteiger partial charge on any atom is 0.255 e. The molecule has 1 aromatic heterocycles. The molecule has 0 radical (unpaired) electrons. The number of Topliss-reactive ketones (excluding diaryl/α,β-unsaturated/α-hetero) is 1. The van der Waals surface area contributed by atoms with Gasteiger partial charge in [0.05, 0.1) is 12.2 Å². The molecule has 0 spiro atoms. The molecule has 1 amide bonds. The fourth-order valence-electron chi connectivity index (χ4n) is 2.98. The molecule has 0 unspecified atom stereocenters.